The number of piperidine rings is 1. The van der Waals surface area contributed by atoms with Gasteiger partial charge in [-0.25, -0.2) is 5.43 Å². The fourth-order valence-electron chi connectivity index (χ4n) is 3.77. The summed E-state index contributed by atoms with van der Waals surface area (Å²) >= 11 is 12.4. The quantitative estimate of drug-likeness (QED) is 0.214. The van der Waals surface area contributed by atoms with Crippen LogP contribution in [0.1, 0.15) is 25.0 Å². The lowest BCUT2D eigenvalue weighted by molar-refractivity contribution is 0.568. The zero-order valence-electron chi connectivity index (χ0n) is 18.8. The van der Waals surface area contributed by atoms with E-state index in [9.17, 15) is 0 Å². The maximum atomic E-state index is 6.30. The SMILES string of the molecule is Clc1cccc(-c2ccc(/C=N\Nc3nc(Nc4ccccc4)nc(N4CCCCC4)n3)o2)c1Cl. The molecular formula is C25H23Cl2N7O. The van der Waals surface area contributed by atoms with Crippen LogP contribution in [0.4, 0.5) is 23.5 Å². The van der Waals surface area contributed by atoms with Gasteiger partial charge < -0.3 is 14.6 Å². The summed E-state index contributed by atoms with van der Waals surface area (Å²) in [6.45, 7) is 1.83. The first-order valence-corrected chi connectivity index (χ1v) is 12.1. The largest absolute Gasteiger partial charge is 0.455 e. The van der Waals surface area contributed by atoms with Crippen molar-refractivity contribution >= 4 is 52.9 Å². The summed E-state index contributed by atoms with van der Waals surface area (Å²) in [4.78, 5) is 15.9. The topological polar surface area (TPSA) is 91.5 Å². The van der Waals surface area contributed by atoms with Crippen molar-refractivity contribution in [2.75, 3.05) is 28.7 Å². The molecule has 2 N–H and O–H groups in total. The molecule has 0 amide bonds. The number of furan rings is 1. The van der Waals surface area contributed by atoms with Gasteiger partial charge in [-0.15, -0.1) is 0 Å². The Morgan fingerprint density at radius 1 is 0.857 bits per heavy atom. The number of hydrogen-bond donors (Lipinski definition) is 2. The number of hydrogen-bond acceptors (Lipinski definition) is 8. The molecule has 0 unspecified atom stereocenters. The Hall–Kier alpha value is -3.62. The zero-order chi connectivity index (χ0) is 24.0. The first-order chi connectivity index (χ1) is 17.2. The lowest BCUT2D eigenvalue weighted by Gasteiger charge is -2.26. The number of anilines is 4. The number of benzene rings is 2. The summed E-state index contributed by atoms with van der Waals surface area (Å²) in [6, 6.07) is 18.8. The van der Waals surface area contributed by atoms with Gasteiger partial charge in [0.1, 0.15) is 11.5 Å². The first-order valence-electron chi connectivity index (χ1n) is 11.3. The van der Waals surface area contributed by atoms with Crippen molar-refractivity contribution in [1.29, 1.82) is 0 Å². The summed E-state index contributed by atoms with van der Waals surface area (Å²) in [6.07, 6.45) is 5.01. The molecule has 0 bridgehead atoms. The van der Waals surface area contributed by atoms with Gasteiger partial charge in [-0.05, 0) is 55.7 Å². The molecule has 0 spiro atoms. The molecule has 0 aliphatic carbocycles. The molecule has 4 aromatic rings. The first kappa shape index (κ1) is 23.1. The molecule has 3 heterocycles. The van der Waals surface area contributed by atoms with Crippen molar-refractivity contribution < 1.29 is 4.42 Å². The summed E-state index contributed by atoms with van der Waals surface area (Å²) in [5.74, 6) is 2.53. The van der Waals surface area contributed by atoms with E-state index in [1.165, 1.54) is 6.42 Å². The van der Waals surface area contributed by atoms with E-state index in [1.54, 1.807) is 18.3 Å². The molecule has 0 saturated carbocycles. The van der Waals surface area contributed by atoms with Crippen molar-refractivity contribution in [1.82, 2.24) is 15.0 Å². The minimum Gasteiger partial charge on any atom is -0.455 e. The molecule has 1 fully saturated rings. The van der Waals surface area contributed by atoms with Gasteiger partial charge in [0.05, 0.1) is 16.3 Å². The van der Waals surface area contributed by atoms with E-state index in [1.807, 2.05) is 48.5 Å². The molecule has 0 atom stereocenters. The Bertz CT molecular complexity index is 1320. The second kappa shape index (κ2) is 10.8. The van der Waals surface area contributed by atoms with E-state index in [0.717, 1.165) is 31.6 Å². The zero-order valence-corrected chi connectivity index (χ0v) is 20.3. The van der Waals surface area contributed by atoms with E-state index in [-0.39, 0.29) is 0 Å². The summed E-state index contributed by atoms with van der Waals surface area (Å²) in [5, 5.41) is 8.42. The minimum atomic E-state index is 0.333. The van der Waals surface area contributed by atoms with Crippen LogP contribution in [0.25, 0.3) is 11.3 Å². The number of halogens is 2. The standard InChI is InChI=1S/C25H23Cl2N7O/c26-20-11-7-10-19(22(20)27)21-13-12-18(35-21)16-28-33-24-30-23(29-17-8-3-1-4-9-17)31-25(32-24)34-14-5-2-6-15-34/h1,3-4,7-13,16H,2,5-6,14-15H2,(H2,29,30,31,32,33)/b28-16-. The van der Waals surface area contributed by atoms with Crippen LogP contribution in [-0.4, -0.2) is 34.3 Å². The highest BCUT2D eigenvalue weighted by Crippen LogP contribution is 2.34. The van der Waals surface area contributed by atoms with Crippen LogP contribution in [0.2, 0.25) is 10.0 Å². The van der Waals surface area contributed by atoms with Crippen molar-refractivity contribution in [2.45, 2.75) is 19.3 Å². The second-order valence-electron chi connectivity index (χ2n) is 7.99. The molecule has 1 aliphatic rings. The number of para-hydroxylation sites is 1. The lowest BCUT2D eigenvalue weighted by atomic mass is 10.1. The van der Waals surface area contributed by atoms with Gasteiger partial charge in [-0.1, -0.05) is 47.5 Å². The maximum absolute atomic E-state index is 6.30. The normalized spacial score (nSPS) is 13.8. The average Bonchev–Trinajstić information content (AvgIpc) is 3.35. The predicted octanol–water partition coefficient (Wildman–Crippen LogP) is 6.62. The molecule has 2 aromatic carbocycles. The van der Waals surface area contributed by atoms with Gasteiger partial charge in [0.2, 0.25) is 17.8 Å². The Labute approximate surface area is 213 Å². The molecule has 5 rings (SSSR count). The highest BCUT2D eigenvalue weighted by molar-refractivity contribution is 6.43. The van der Waals surface area contributed by atoms with Crippen LogP contribution in [0, 0.1) is 0 Å². The maximum Gasteiger partial charge on any atom is 0.250 e. The van der Waals surface area contributed by atoms with Crippen molar-refractivity contribution in [3.05, 3.63) is 76.5 Å². The third kappa shape index (κ3) is 5.72. The average molecular weight is 508 g/mol. The Balaban J connectivity index is 1.35. The van der Waals surface area contributed by atoms with Crippen LogP contribution < -0.4 is 15.6 Å². The summed E-state index contributed by atoms with van der Waals surface area (Å²) in [5.41, 5.74) is 4.51. The molecule has 10 heteroatoms. The number of nitrogens with one attached hydrogen (secondary N) is 2. The molecule has 0 radical (unpaired) electrons. The summed E-state index contributed by atoms with van der Waals surface area (Å²) < 4.78 is 5.86. The van der Waals surface area contributed by atoms with Crippen molar-refractivity contribution in [3.8, 4) is 11.3 Å². The number of aromatic nitrogens is 3. The van der Waals surface area contributed by atoms with Crippen LogP contribution in [0.15, 0.2) is 70.2 Å². The third-order valence-corrected chi connectivity index (χ3v) is 6.31. The highest BCUT2D eigenvalue weighted by atomic mass is 35.5. The molecule has 1 aliphatic heterocycles. The fourth-order valence-corrected chi connectivity index (χ4v) is 4.16. The monoisotopic (exact) mass is 507 g/mol. The van der Waals surface area contributed by atoms with Gasteiger partial charge in [0, 0.05) is 24.3 Å². The second-order valence-corrected chi connectivity index (χ2v) is 8.78. The van der Waals surface area contributed by atoms with E-state index >= 15 is 0 Å². The Kier molecular flexibility index (Phi) is 7.11. The minimum absolute atomic E-state index is 0.333. The molecule has 178 valence electrons. The molecule has 8 nitrogen and oxygen atoms in total. The van der Waals surface area contributed by atoms with Gasteiger partial charge in [-0.3, -0.25) is 0 Å². The molecule has 2 aromatic heterocycles. The van der Waals surface area contributed by atoms with E-state index < -0.39 is 0 Å². The molecule has 1 saturated heterocycles. The predicted molar refractivity (Wildman–Crippen MR) is 141 cm³/mol. The fraction of sp³-hybridized carbons (Fsp3) is 0.200. The van der Waals surface area contributed by atoms with E-state index in [4.69, 9.17) is 27.6 Å². The smallest absolute Gasteiger partial charge is 0.250 e. The van der Waals surface area contributed by atoms with Crippen molar-refractivity contribution in [3.63, 3.8) is 0 Å². The third-order valence-electron chi connectivity index (χ3n) is 5.49. The Morgan fingerprint density at radius 3 is 2.49 bits per heavy atom. The van der Waals surface area contributed by atoms with Crippen LogP contribution >= 0.6 is 23.2 Å². The lowest BCUT2D eigenvalue weighted by Crippen LogP contribution is -2.31. The van der Waals surface area contributed by atoms with Crippen LogP contribution in [0.5, 0.6) is 0 Å². The van der Waals surface area contributed by atoms with E-state index in [2.05, 4.69) is 35.7 Å². The molecular weight excluding hydrogens is 485 g/mol. The van der Waals surface area contributed by atoms with Crippen molar-refractivity contribution in [2.24, 2.45) is 5.10 Å². The highest BCUT2D eigenvalue weighted by Gasteiger charge is 2.16. The van der Waals surface area contributed by atoms with E-state index in [0.29, 0.717) is 45.0 Å². The molecule has 35 heavy (non-hydrogen) atoms. The Morgan fingerprint density at radius 2 is 1.66 bits per heavy atom. The van der Waals surface area contributed by atoms with Gasteiger partial charge >= 0.3 is 0 Å². The van der Waals surface area contributed by atoms with Gasteiger partial charge in [-0.2, -0.15) is 20.1 Å². The number of hydrazone groups is 1. The van der Waals surface area contributed by atoms with Gasteiger partial charge in [0.15, 0.2) is 0 Å². The van der Waals surface area contributed by atoms with Crippen LogP contribution in [-0.2, 0) is 0 Å². The van der Waals surface area contributed by atoms with Crippen LogP contribution in [0.3, 0.4) is 0 Å². The number of nitrogens with zero attached hydrogens (tertiary/aromatic N) is 5. The van der Waals surface area contributed by atoms with Gasteiger partial charge in [0.25, 0.3) is 0 Å². The number of rotatable bonds is 7. The summed E-state index contributed by atoms with van der Waals surface area (Å²) in [7, 11) is 0.